The van der Waals surface area contributed by atoms with Crippen molar-refractivity contribution in [1.82, 2.24) is 34.1 Å². The molecule has 8 N–H and O–H groups in total. The molecule has 20 heteroatoms. The molecule has 0 saturated carbocycles. The third-order valence-corrected chi connectivity index (χ3v) is 7.06. The number of anilines is 2. The molecule has 5 rings (SSSR count). The number of phosphoric acid groups is 1. The van der Waals surface area contributed by atoms with E-state index >= 15 is 0 Å². The van der Waals surface area contributed by atoms with E-state index in [9.17, 15) is 29.3 Å². The quantitative estimate of drug-likeness (QED) is 0.154. The molecule has 38 heavy (non-hydrogen) atoms. The van der Waals surface area contributed by atoms with Crippen LogP contribution in [0.2, 0.25) is 0 Å². The Hall–Kier alpha value is -3.29. The van der Waals surface area contributed by atoms with Crippen LogP contribution in [0.1, 0.15) is 25.3 Å². The number of aromatic amines is 1. The Kier molecular flexibility index (Phi) is 7.01. The average molecular weight is 557 g/mol. The number of nitrogens with one attached hydrogen (secondary N) is 1. The van der Waals surface area contributed by atoms with E-state index in [0.717, 1.165) is 10.9 Å². The summed E-state index contributed by atoms with van der Waals surface area (Å²) in [5.41, 5.74) is 9.82. The van der Waals surface area contributed by atoms with Crippen molar-refractivity contribution in [1.29, 1.82) is 0 Å². The van der Waals surface area contributed by atoms with Crippen molar-refractivity contribution in [2.75, 3.05) is 24.7 Å². The number of ether oxygens (including phenoxy) is 2. The highest BCUT2D eigenvalue weighted by molar-refractivity contribution is 7.47. The third kappa shape index (κ3) is 5.18. The first-order valence-electron chi connectivity index (χ1n) is 11.2. The summed E-state index contributed by atoms with van der Waals surface area (Å²) < 4.78 is 36.6. The summed E-state index contributed by atoms with van der Waals surface area (Å²) in [4.78, 5) is 51.9. The van der Waals surface area contributed by atoms with Crippen molar-refractivity contribution >= 4 is 30.9 Å². The summed E-state index contributed by atoms with van der Waals surface area (Å²) >= 11 is 0. The monoisotopic (exact) mass is 557 g/mol. The molecule has 2 aliphatic rings. The van der Waals surface area contributed by atoms with Gasteiger partial charge in [-0.2, -0.15) is 9.97 Å². The van der Waals surface area contributed by atoms with Crippen LogP contribution in [0.4, 0.5) is 11.9 Å². The standard InChI is InChI=1S/C18H24N9O10P/c19-16-22-6-27(18(31)25-16)12-2-8(9(3-28)35-12)37-38(32,33)34-4-10-7(29)1-11(36-10)26-5-21-13-14(26)23-17(20)24-15(13)30/h5-12,28-29H,1-4H2,(H,32,33)(H2,19,25,31)(H3,20,23,24,30). The van der Waals surface area contributed by atoms with Crippen molar-refractivity contribution in [2.24, 2.45) is 0 Å². The van der Waals surface area contributed by atoms with Crippen LogP contribution in [0.25, 0.3) is 11.2 Å². The van der Waals surface area contributed by atoms with E-state index < -0.39 is 69.2 Å². The lowest BCUT2D eigenvalue weighted by molar-refractivity contribution is -0.0565. The molecule has 2 fully saturated rings. The molecule has 206 valence electrons. The van der Waals surface area contributed by atoms with Crippen LogP contribution < -0.4 is 22.7 Å². The number of nitrogens with zero attached hydrogens (tertiary/aromatic N) is 6. The van der Waals surface area contributed by atoms with Gasteiger partial charge in [-0.1, -0.05) is 0 Å². The van der Waals surface area contributed by atoms with Gasteiger partial charge in [0.2, 0.25) is 11.9 Å². The van der Waals surface area contributed by atoms with E-state index in [1.54, 1.807) is 0 Å². The molecule has 5 heterocycles. The summed E-state index contributed by atoms with van der Waals surface area (Å²) in [7, 11) is -4.76. The predicted octanol–water partition coefficient (Wildman–Crippen LogP) is -2.63. The second kappa shape index (κ2) is 10.1. The van der Waals surface area contributed by atoms with Crippen LogP contribution in [-0.2, 0) is 23.1 Å². The molecule has 0 radical (unpaired) electrons. The number of aromatic nitrogens is 7. The maximum atomic E-state index is 12.7. The largest absolute Gasteiger partial charge is 0.472 e. The predicted molar refractivity (Wildman–Crippen MR) is 124 cm³/mol. The lowest BCUT2D eigenvalue weighted by Crippen LogP contribution is -2.29. The zero-order chi connectivity index (χ0) is 27.2. The summed E-state index contributed by atoms with van der Waals surface area (Å²) in [6.45, 7) is -1.13. The van der Waals surface area contributed by atoms with Gasteiger partial charge in [-0.05, 0) is 0 Å². The van der Waals surface area contributed by atoms with Crippen LogP contribution in [0.3, 0.4) is 0 Å². The molecule has 3 aromatic heterocycles. The Morgan fingerprint density at radius 2 is 1.82 bits per heavy atom. The second-order valence-electron chi connectivity index (χ2n) is 8.57. The topological polar surface area (TPSA) is 278 Å². The Morgan fingerprint density at radius 1 is 1.11 bits per heavy atom. The molecule has 0 aliphatic carbocycles. The first kappa shape index (κ1) is 26.3. The van der Waals surface area contributed by atoms with Gasteiger partial charge in [0.1, 0.15) is 37.1 Å². The highest BCUT2D eigenvalue weighted by atomic mass is 31.2. The van der Waals surface area contributed by atoms with E-state index in [-0.39, 0.29) is 35.9 Å². The van der Waals surface area contributed by atoms with Gasteiger partial charge in [-0.3, -0.25) is 28.0 Å². The fourth-order valence-corrected chi connectivity index (χ4v) is 5.22. The van der Waals surface area contributed by atoms with E-state index in [1.165, 1.54) is 10.9 Å². The minimum Gasteiger partial charge on any atom is -0.394 e. The van der Waals surface area contributed by atoms with Crippen LogP contribution in [0.15, 0.2) is 22.2 Å². The number of aliphatic hydroxyl groups excluding tert-OH is 2. The van der Waals surface area contributed by atoms with Crippen molar-refractivity contribution in [3.8, 4) is 0 Å². The van der Waals surface area contributed by atoms with Crippen molar-refractivity contribution < 1.29 is 38.2 Å². The highest BCUT2D eigenvalue weighted by Gasteiger charge is 2.43. The number of nitrogens with two attached hydrogens (primary N) is 2. The lowest BCUT2D eigenvalue weighted by Gasteiger charge is -2.21. The molecule has 0 spiro atoms. The van der Waals surface area contributed by atoms with Gasteiger partial charge in [-0.15, -0.1) is 0 Å². The van der Waals surface area contributed by atoms with E-state index in [1.807, 2.05) is 0 Å². The van der Waals surface area contributed by atoms with Crippen LogP contribution in [0, 0.1) is 0 Å². The normalized spacial score (nSPS) is 29.1. The Labute approximate surface area is 211 Å². The maximum absolute atomic E-state index is 12.7. The van der Waals surface area contributed by atoms with E-state index in [0.29, 0.717) is 0 Å². The molecule has 2 saturated heterocycles. The number of imidazole rings is 1. The highest BCUT2D eigenvalue weighted by Crippen LogP contribution is 2.49. The summed E-state index contributed by atoms with van der Waals surface area (Å²) in [5, 5.41) is 20.1. The summed E-state index contributed by atoms with van der Waals surface area (Å²) in [5.74, 6) is -0.369. The Balaban J connectivity index is 1.22. The van der Waals surface area contributed by atoms with Crippen molar-refractivity contribution in [2.45, 2.75) is 49.7 Å². The maximum Gasteiger partial charge on any atom is 0.472 e. The number of nitrogen functional groups attached to an aromatic ring is 2. The zero-order valence-electron chi connectivity index (χ0n) is 19.4. The molecule has 0 amide bonds. The number of phosphoric ester groups is 1. The number of hydrogen-bond donors (Lipinski definition) is 6. The molecule has 7 unspecified atom stereocenters. The van der Waals surface area contributed by atoms with Gasteiger partial charge in [0, 0.05) is 12.8 Å². The molecular formula is C18H24N9O10P. The zero-order valence-corrected chi connectivity index (χ0v) is 20.3. The van der Waals surface area contributed by atoms with Crippen molar-refractivity contribution in [3.05, 3.63) is 33.5 Å². The molecular weight excluding hydrogens is 533 g/mol. The number of H-pyrrole nitrogens is 1. The number of rotatable bonds is 8. The number of fused-ring (bicyclic) bond motifs is 1. The van der Waals surface area contributed by atoms with Gasteiger partial charge < -0.3 is 36.0 Å². The minimum absolute atomic E-state index is 0.0218. The van der Waals surface area contributed by atoms with Gasteiger partial charge in [-0.25, -0.2) is 19.3 Å². The molecule has 7 atom stereocenters. The molecule has 3 aromatic rings. The summed E-state index contributed by atoms with van der Waals surface area (Å²) in [6, 6.07) is 0. The fraction of sp³-hybridized carbons (Fsp3) is 0.556. The molecule has 19 nitrogen and oxygen atoms in total. The molecule has 2 aliphatic heterocycles. The number of hydrogen-bond acceptors (Lipinski definition) is 15. The van der Waals surface area contributed by atoms with E-state index in [4.69, 9.17) is 30.0 Å². The van der Waals surface area contributed by atoms with E-state index in [2.05, 4.69) is 24.9 Å². The molecule has 0 bridgehead atoms. The van der Waals surface area contributed by atoms with Crippen LogP contribution in [0.5, 0.6) is 0 Å². The van der Waals surface area contributed by atoms with Gasteiger partial charge in [0.25, 0.3) is 5.56 Å². The first-order valence-corrected chi connectivity index (χ1v) is 12.7. The minimum atomic E-state index is -4.76. The molecule has 0 aromatic carbocycles. The van der Waals surface area contributed by atoms with Gasteiger partial charge in [0.15, 0.2) is 11.2 Å². The first-order chi connectivity index (χ1) is 18.0. The number of aliphatic hydroxyl groups is 2. The van der Waals surface area contributed by atoms with Crippen LogP contribution in [-0.4, -0.2) is 86.8 Å². The smallest absolute Gasteiger partial charge is 0.394 e. The average Bonchev–Trinajstić information content (AvgIpc) is 3.54. The fourth-order valence-electron chi connectivity index (χ4n) is 4.26. The van der Waals surface area contributed by atoms with Crippen LogP contribution >= 0.6 is 7.82 Å². The Bertz CT molecular complexity index is 1490. The summed E-state index contributed by atoms with van der Waals surface area (Å²) in [6.07, 6.45) is -3.86. The SMILES string of the molecule is Nc1ncn(C2CC(OP(=O)(O)OCC3OC(n4cnc5c(=O)[nH]c(N)nc54)CC3O)C(CO)O2)c(=O)n1. The lowest BCUT2D eigenvalue weighted by atomic mass is 10.2. The third-order valence-electron chi connectivity index (χ3n) is 6.05. The Morgan fingerprint density at radius 3 is 2.55 bits per heavy atom. The van der Waals surface area contributed by atoms with Crippen molar-refractivity contribution in [3.63, 3.8) is 0 Å². The second-order valence-corrected chi connectivity index (χ2v) is 9.97. The van der Waals surface area contributed by atoms with Gasteiger partial charge in [0.05, 0.1) is 25.6 Å². The van der Waals surface area contributed by atoms with Gasteiger partial charge >= 0.3 is 13.5 Å².